The average molecular weight is 312 g/mol. The highest BCUT2D eigenvalue weighted by molar-refractivity contribution is 6.63. The van der Waals surface area contributed by atoms with E-state index in [-0.39, 0.29) is 5.91 Å². The van der Waals surface area contributed by atoms with E-state index in [1.165, 1.54) is 11.6 Å². The molecule has 0 atom stereocenters. The Hall–Kier alpha value is -1.92. The molecule has 0 N–H and O–H groups in total. The first kappa shape index (κ1) is 16.0. The molecule has 0 aliphatic carbocycles. The first-order valence-electron chi connectivity index (χ1n) is 7.73. The standard InChI is InChI=1S/C17H21BN2O3/c1-12(21)20-11-14(15(19-20)13-9-7-6-8-10-13)18-22-16(2,3)17(4,5)23-18/h6-11H,1-5H3. The van der Waals surface area contributed by atoms with Gasteiger partial charge in [0, 0.05) is 24.1 Å². The molecule has 120 valence electrons. The van der Waals surface area contributed by atoms with E-state index in [0.29, 0.717) is 5.69 Å². The van der Waals surface area contributed by atoms with Gasteiger partial charge >= 0.3 is 7.12 Å². The fourth-order valence-corrected chi connectivity index (χ4v) is 2.51. The minimum Gasteiger partial charge on any atom is -0.399 e. The van der Waals surface area contributed by atoms with Crippen molar-refractivity contribution >= 4 is 18.5 Å². The molecule has 23 heavy (non-hydrogen) atoms. The normalized spacial score (nSPS) is 19.1. The molecular weight excluding hydrogens is 291 g/mol. The van der Waals surface area contributed by atoms with Crippen LogP contribution in [0.5, 0.6) is 0 Å². The third-order valence-corrected chi connectivity index (χ3v) is 4.62. The van der Waals surface area contributed by atoms with Crippen molar-refractivity contribution < 1.29 is 14.1 Å². The van der Waals surface area contributed by atoms with Crippen molar-refractivity contribution in [1.29, 1.82) is 0 Å². The molecule has 1 fully saturated rings. The Labute approximate surface area is 136 Å². The molecule has 0 radical (unpaired) electrons. The van der Waals surface area contributed by atoms with Crippen molar-refractivity contribution in [2.75, 3.05) is 0 Å². The van der Waals surface area contributed by atoms with Gasteiger partial charge in [-0.05, 0) is 27.7 Å². The lowest BCUT2D eigenvalue weighted by Gasteiger charge is -2.32. The number of nitrogens with zero attached hydrogens (tertiary/aromatic N) is 2. The number of hydrogen-bond acceptors (Lipinski definition) is 4. The monoisotopic (exact) mass is 312 g/mol. The number of rotatable bonds is 2. The molecule has 0 unspecified atom stereocenters. The van der Waals surface area contributed by atoms with Crippen LogP contribution in [-0.4, -0.2) is 34.0 Å². The maximum absolute atomic E-state index is 11.7. The molecule has 1 aliphatic heterocycles. The fourth-order valence-electron chi connectivity index (χ4n) is 2.51. The maximum atomic E-state index is 11.7. The first-order valence-corrected chi connectivity index (χ1v) is 7.73. The van der Waals surface area contributed by atoms with Gasteiger partial charge in [0.05, 0.1) is 16.9 Å². The number of carbonyl (C=O) groups is 1. The van der Waals surface area contributed by atoms with Gasteiger partial charge in [-0.15, -0.1) is 0 Å². The third kappa shape index (κ3) is 2.73. The maximum Gasteiger partial charge on any atom is 0.498 e. The quantitative estimate of drug-likeness (QED) is 0.800. The van der Waals surface area contributed by atoms with E-state index >= 15 is 0 Å². The fraction of sp³-hybridized carbons (Fsp3) is 0.412. The summed E-state index contributed by atoms with van der Waals surface area (Å²) in [5.41, 5.74) is 1.52. The van der Waals surface area contributed by atoms with Crippen LogP contribution in [0.1, 0.15) is 39.4 Å². The molecule has 2 aromatic rings. The first-order chi connectivity index (χ1) is 10.7. The minimum absolute atomic E-state index is 0.148. The summed E-state index contributed by atoms with van der Waals surface area (Å²) >= 11 is 0. The zero-order valence-corrected chi connectivity index (χ0v) is 14.2. The molecule has 2 heterocycles. The van der Waals surface area contributed by atoms with Crippen LogP contribution in [0.25, 0.3) is 11.3 Å². The second-order valence-electron chi connectivity index (χ2n) is 6.85. The van der Waals surface area contributed by atoms with Crippen molar-refractivity contribution in [2.24, 2.45) is 0 Å². The number of aromatic nitrogens is 2. The lowest BCUT2D eigenvalue weighted by atomic mass is 9.78. The van der Waals surface area contributed by atoms with Crippen molar-refractivity contribution in [3.05, 3.63) is 36.5 Å². The molecule has 1 aliphatic rings. The van der Waals surface area contributed by atoms with Gasteiger partial charge in [-0.2, -0.15) is 5.10 Å². The zero-order chi connectivity index (χ0) is 16.8. The van der Waals surface area contributed by atoms with Gasteiger partial charge in [0.15, 0.2) is 0 Å². The summed E-state index contributed by atoms with van der Waals surface area (Å²) in [5.74, 6) is -0.148. The Kier molecular flexibility index (Phi) is 3.69. The van der Waals surface area contributed by atoms with E-state index in [9.17, 15) is 4.79 Å². The Morgan fingerprint density at radius 1 is 1.09 bits per heavy atom. The van der Waals surface area contributed by atoms with E-state index < -0.39 is 18.3 Å². The summed E-state index contributed by atoms with van der Waals surface area (Å²) in [7, 11) is -0.552. The Balaban J connectivity index is 2.07. The largest absolute Gasteiger partial charge is 0.498 e. The summed E-state index contributed by atoms with van der Waals surface area (Å²) in [6.45, 7) is 9.50. The van der Waals surface area contributed by atoms with Crippen LogP contribution in [0.3, 0.4) is 0 Å². The van der Waals surface area contributed by atoms with Crippen molar-refractivity contribution in [3.8, 4) is 11.3 Å². The van der Waals surface area contributed by atoms with Gasteiger partial charge in [0.2, 0.25) is 5.91 Å². The smallest absolute Gasteiger partial charge is 0.399 e. The van der Waals surface area contributed by atoms with E-state index in [2.05, 4.69) is 5.10 Å². The van der Waals surface area contributed by atoms with Gasteiger partial charge in [0.25, 0.3) is 0 Å². The van der Waals surface area contributed by atoms with Crippen LogP contribution in [0.4, 0.5) is 0 Å². The van der Waals surface area contributed by atoms with Crippen LogP contribution in [0.15, 0.2) is 36.5 Å². The summed E-state index contributed by atoms with van der Waals surface area (Å²) in [4.78, 5) is 11.7. The van der Waals surface area contributed by atoms with Crippen molar-refractivity contribution in [3.63, 3.8) is 0 Å². The third-order valence-electron chi connectivity index (χ3n) is 4.62. The lowest BCUT2D eigenvalue weighted by Crippen LogP contribution is -2.41. The predicted octanol–water partition coefficient (Wildman–Crippen LogP) is 2.51. The van der Waals surface area contributed by atoms with Crippen molar-refractivity contribution in [1.82, 2.24) is 9.78 Å². The second kappa shape index (κ2) is 5.32. The highest BCUT2D eigenvalue weighted by atomic mass is 16.7. The summed E-state index contributed by atoms with van der Waals surface area (Å²) in [6.07, 6.45) is 1.70. The van der Waals surface area contributed by atoms with Gasteiger partial charge in [-0.1, -0.05) is 30.3 Å². The van der Waals surface area contributed by atoms with E-state index in [1.807, 2.05) is 58.0 Å². The van der Waals surface area contributed by atoms with Crippen LogP contribution >= 0.6 is 0 Å². The molecule has 3 rings (SSSR count). The Morgan fingerprint density at radius 3 is 2.17 bits per heavy atom. The van der Waals surface area contributed by atoms with Gasteiger partial charge < -0.3 is 9.31 Å². The van der Waals surface area contributed by atoms with E-state index in [4.69, 9.17) is 9.31 Å². The number of hydrogen-bond donors (Lipinski definition) is 0. The topological polar surface area (TPSA) is 53.4 Å². The average Bonchev–Trinajstić information content (AvgIpc) is 3.00. The molecule has 1 aromatic carbocycles. The van der Waals surface area contributed by atoms with Gasteiger partial charge in [0.1, 0.15) is 0 Å². The highest BCUT2D eigenvalue weighted by Gasteiger charge is 2.52. The molecule has 0 spiro atoms. The predicted molar refractivity (Wildman–Crippen MR) is 89.7 cm³/mol. The SMILES string of the molecule is CC(=O)n1cc(B2OC(C)(C)C(C)(C)O2)c(-c2ccccc2)n1. The molecular formula is C17H21BN2O3. The lowest BCUT2D eigenvalue weighted by molar-refractivity contribution is 0.00578. The molecule has 0 bridgehead atoms. The molecule has 5 nitrogen and oxygen atoms in total. The molecule has 6 heteroatoms. The van der Waals surface area contributed by atoms with Crippen LogP contribution < -0.4 is 5.46 Å². The van der Waals surface area contributed by atoms with Crippen LogP contribution in [0.2, 0.25) is 0 Å². The zero-order valence-electron chi connectivity index (χ0n) is 14.2. The Bertz CT molecular complexity index is 722. The molecule has 0 amide bonds. The van der Waals surface area contributed by atoms with E-state index in [1.54, 1.807) is 6.20 Å². The number of benzene rings is 1. The van der Waals surface area contributed by atoms with Crippen LogP contribution in [0, 0.1) is 0 Å². The van der Waals surface area contributed by atoms with E-state index in [0.717, 1.165) is 11.0 Å². The second-order valence-corrected chi connectivity index (χ2v) is 6.85. The van der Waals surface area contributed by atoms with Gasteiger partial charge in [-0.3, -0.25) is 4.79 Å². The minimum atomic E-state index is -0.552. The highest BCUT2D eigenvalue weighted by Crippen LogP contribution is 2.37. The Morgan fingerprint density at radius 2 is 1.65 bits per heavy atom. The molecule has 1 aromatic heterocycles. The van der Waals surface area contributed by atoms with Crippen molar-refractivity contribution in [2.45, 2.75) is 45.8 Å². The molecule has 0 saturated carbocycles. The summed E-state index contributed by atoms with van der Waals surface area (Å²) in [6, 6.07) is 9.75. The van der Waals surface area contributed by atoms with Crippen LogP contribution in [-0.2, 0) is 9.31 Å². The summed E-state index contributed by atoms with van der Waals surface area (Å²) < 4.78 is 13.6. The van der Waals surface area contributed by atoms with Gasteiger partial charge in [-0.25, -0.2) is 4.68 Å². The number of carbonyl (C=O) groups excluding carboxylic acids is 1. The summed E-state index contributed by atoms with van der Waals surface area (Å²) in [5, 5.41) is 4.43. The molecule has 1 saturated heterocycles.